The third-order valence-electron chi connectivity index (χ3n) is 0. The summed E-state index contributed by atoms with van der Waals surface area (Å²) in [5.41, 5.74) is 0. The zero-order valence-electron chi connectivity index (χ0n) is 4.14. The van der Waals surface area contributed by atoms with Gasteiger partial charge in [-0.2, -0.15) is 0 Å². The van der Waals surface area contributed by atoms with Crippen LogP contribution in [0.2, 0.25) is 0 Å². The standard InChI is InChI=1S/CH2O2.Sr.2H/c2-1-3;;;/h1H,(H,2,3);;;/q;+2;2*-1. The van der Waals surface area contributed by atoms with Crippen molar-refractivity contribution in [3.8, 4) is 0 Å². The van der Waals surface area contributed by atoms with Crippen LogP contribution in [0.4, 0.5) is 0 Å². The monoisotopic (exact) mass is 136 g/mol. The summed E-state index contributed by atoms with van der Waals surface area (Å²) >= 11 is 0. The first-order valence-corrected chi connectivity index (χ1v) is 0.494. The normalized spacial score (nSPS) is 3.00. The number of hydrogen-bond acceptors (Lipinski definition) is 1. The van der Waals surface area contributed by atoms with Crippen molar-refractivity contribution < 1.29 is 12.8 Å². The number of rotatable bonds is 0. The molecule has 0 aliphatic carbocycles. The van der Waals surface area contributed by atoms with Crippen LogP contribution in [0.25, 0.3) is 0 Å². The SMILES string of the molecule is O=CO.[H-].[H-].[Sr+2]. The fourth-order valence-corrected chi connectivity index (χ4v) is 0. The number of carboxylic acid groups (broad SMARTS) is 1. The molecule has 0 atom stereocenters. The van der Waals surface area contributed by atoms with Crippen LogP contribution in [0.3, 0.4) is 0 Å². The van der Waals surface area contributed by atoms with Crippen molar-refractivity contribution in [3.63, 3.8) is 0 Å². The average Bonchev–Trinajstić information content (AvgIpc) is 0.918. The Hall–Kier alpha value is 0.951. The van der Waals surface area contributed by atoms with Gasteiger partial charge in [0.25, 0.3) is 6.47 Å². The topological polar surface area (TPSA) is 37.3 Å². The van der Waals surface area contributed by atoms with Crippen molar-refractivity contribution in [1.82, 2.24) is 0 Å². The summed E-state index contributed by atoms with van der Waals surface area (Å²) in [6.45, 7) is -0.250. The molecule has 0 spiro atoms. The summed E-state index contributed by atoms with van der Waals surface area (Å²) in [5.74, 6) is 0. The van der Waals surface area contributed by atoms with Crippen molar-refractivity contribution >= 4 is 52.0 Å². The number of carbonyl (C=O) groups is 1. The van der Waals surface area contributed by atoms with E-state index in [1.54, 1.807) is 0 Å². The molecule has 0 aliphatic heterocycles. The van der Waals surface area contributed by atoms with Gasteiger partial charge in [0, 0.05) is 0 Å². The molecule has 1 N–H and O–H groups in total. The van der Waals surface area contributed by atoms with E-state index in [0.29, 0.717) is 0 Å². The van der Waals surface area contributed by atoms with Crippen molar-refractivity contribution in [1.29, 1.82) is 0 Å². The molecule has 3 heteroatoms. The molecular weight excluding hydrogens is 132 g/mol. The first kappa shape index (κ1) is 8.87. The van der Waals surface area contributed by atoms with Crippen LogP contribution in [0.1, 0.15) is 2.85 Å². The van der Waals surface area contributed by atoms with Gasteiger partial charge in [-0.25, -0.2) is 0 Å². The van der Waals surface area contributed by atoms with Gasteiger partial charge < -0.3 is 7.96 Å². The van der Waals surface area contributed by atoms with Gasteiger partial charge in [-0.15, -0.1) is 0 Å². The van der Waals surface area contributed by atoms with Crippen LogP contribution < -0.4 is 0 Å². The molecule has 4 heavy (non-hydrogen) atoms. The minimum Gasteiger partial charge on any atom is -1.00 e. The molecule has 0 radical (unpaired) electrons. The van der Waals surface area contributed by atoms with Crippen LogP contribution in [0, 0.1) is 0 Å². The smallest absolute Gasteiger partial charge is 1.00 e. The summed E-state index contributed by atoms with van der Waals surface area (Å²) in [6, 6.07) is 0. The fourth-order valence-electron chi connectivity index (χ4n) is 0. The van der Waals surface area contributed by atoms with Crippen molar-refractivity contribution in [2.45, 2.75) is 0 Å². The van der Waals surface area contributed by atoms with E-state index in [1.807, 2.05) is 0 Å². The van der Waals surface area contributed by atoms with E-state index in [9.17, 15) is 0 Å². The van der Waals surface area contributed by atoms with Crippen molar-refractivity contribution in [3.05, 3.63) is 0 Å². The van der Waals surface area contributed by atoms with E-state index >= 15 is 0 Å². The minimum absolute atomic E-state index is 0. The first-order valence-electron chi connectivity index (χ1n) is 0.494. The van der Waals surface area contributed by atoms with Crippen LogP contribution in [0.5, 0.6) is 0 Å². The van der Waals surface area contributed by atoms with Crippen LogP contribution >= 0.6 is 0 Å². The maximum absolute atomic E-state index is 8.36. The Morgan fingerprint density at radius 2 is 2.00 bits per heavy atom. The molecule has 0 aliphatic rings. The Kier molecular flexibility index (Phi) is 20.1. The largest absolute Gasteiger partial charge is 2.00 e. The Bertz CT molecular complexity index is 19.0. The van der Waals surface area contributed by atoms with Gasteiger partial charge in [0.2, 0.25) is 0 Å². The molecule has 2 nitrogen and oxygen atoms in total. The predicted molar refractivity (Wildman–Crippen MR) is 16.7 cm³/mol. The second-order valence-electron chi connectivity index (χ2n) is 0.105. The van der Waals surface area contributed by atoms with E-state index in [1.165, 1.54) is 0 Å². The van der Waals surface area contributed by atoms with E-state index in [4.69, 9.17) is 9.90 Å². The molecule has 0 aromatic carbocycles. The summed E-state index contributed by atoms with van der Waals surface area (Å²) in [4.78, 5) is 8.36. The Balaban J connectivity index is -0.00000000667. The van der Waals surface area contributed by atoms with E-state index in [0.717, 1.165) is 0 Å². The summed E-state index contributed by atoms with van der Waals surface area (Å²) in [7, 11) is 0. The Morgan fingerprint density at radius 3 is 2.00 bits per heavy atom. The molecule has 0 fully saturated rings. The molecule has 0 heterocycles. The minimum atomic E-state index is -0.250. The maximum atomic E-state index is 8.36. The van der Waals surface area contributed by atoms with E-state index < -0.39 is 0 Å². The molecule has 0 bridgehead atoms. The molecular formula is CH4O2Sr. The third kappa shape index (κ3) is 12.4. The molecule has 0 saturated heterocycles. The first-order chi connectivity index (χ1) is 1.41. The molecule has 0 rings (SSSR count). The molecule has 22 valence electrons. The Morgan fingerprint density at radius 1 is 2.00 bits per heavy atom. The van der Waals surface area contributed by atoms with Gasteiger partial charge >= 0.3 is 45.5 Å². The maximum Gasteiger partial charge on any atom is 2.00 e. The molecule has 0 amide bonds. The summed E-state index contributed by atoms with van der Waals surface area (Å²) in [5, 5.41) is 6.89. The van der Waals surface area contributed by atoms with Crippen LogP contribution in [-0.2, 0) is 4.79 Å². The van der Waals surface area contributed by atoms with E-state index in [2.05, 4.69) is 0 Å². The molecule has 0 aromatic heterocycles. The fraction of sp³-hybridized carbons (Fsp3) is 0. The van der Waals surface area contributed by atoms with Crippen molar-refractivity contribution in [2.24, 2.45) is 0 Å². The summed E-state index contributed by atoms with van der Waals surface area (Å²) < 4.78 is 0. The van der Waals surface area contributed by atoms with Gasteiger partial charge in [0.15, 0.2) is 0 Å². The van der Waals surface area contributed by atoms with Gasteiger partial charge in [-0.3, -0.25) is 4.79 Å². The van der Waals surface area contributed by atoms with Gasteiger partial charge in [0.1, 0.15) is 0 Å². The summed E-state index contributed by atoms with van der Waals surface area (Å²) in [6.07, 6.45) is 0. The van der Waals surface area contributed by atoms with Crippen LogP contribution in [0.15, 0.2) is 0 Å². The van der Waals surface area contributed by atoms with E-state index in [-0.39, 0.29) is 54.8 Å². The molecule has 0 aromatic rings. The Labute approximate surface area is 64.1 Å². The number of hydrogen-bond donors (Lipinski definition) is 1. The predicted octanol–water partition coefficient (Wildman–Crippen LogP) is -0.455. The van der Waals surface area contributed by atoms with Crippen LogP contribution in [-0.4, -0.2) is 57.1 Å². The average molecular weight is 136 g/mol. The molecule has 0 saturated carbocycles. The second kappa shape index (κ2) is 9.04. The van der Waals surface area contributed by atoms with Crippen molar-refractivity contribution in [2.75, 3.05) is 0 Å². The third-order valence-corrected chi connectivity index (χ3v) is 0. The second-order valence-corrected chi connectivity index (χ2v) is 0.105. The zero-order valence-corrected chi connectivity index (χ0v) is 5.62. The zero-order chi connectivity index (χ0) is 2.71. The molecule has 0 unspecified atom stereocenters. The van der Waals surface area contributed by atoms with Gasteiger partial charge in [-0.1, -0.05) is 0 Å². The van der Waals surface area contributed by atoms with Gasteiger partial charge in [-0.05, 0) is 0 Å². The van der Waals surface area contributed by atoms with Gasteiger partial charge in [0.05, 0.1) is 0 Å². The quantitative estimate of drug-likeness (QED) is 0.361.